The van der Waals surface area contributed by atoms with Gasteiger partial charge in [-0.3, -0.25) is 0 Å². The zero-order chi connectivity index (χ0) is 12.7. The molecule has 96 valence electrons. The van der Waals surface area contributed by atoms with Crippen molar-refractivity contribution in [2.24, 2.45) is 7.05 Å². The van der Waals surface area contributed by atoms with Gasteiger partial charge in [0.05, 0.1) is 6.33 Å². The number of aromatic nitrogens is 2. The molecule has 0 atom stereocenters. The first kappa shape index (κ1) is 12.7. The van der Waals surface area contributed by atoms with Gasteiger partial charge in [0.15, 0.2) is 10.8 Å². The van der Waals surface area contributed by atoms with Crippen LogP contribution in [0.5, 0.6) is 0 Å². The third kappa shape index (κ3) is 2.43. The first-order chi connectivity index (χ1) is 7.90. The zero-order valence-corrected chi connectivity index (χ0v) is 11.4. The van der Waals surface area contributed by atoms with Crippen LogP contribution in [0.2, 0.25) is 0 Å². The highest BCUT2D eigenvalue weighted by molar-refractivity contribution is 8.00. The standard InChI is InChI=1S/C9H16N4O2S2/c1-13-6-11-7(10)8(13)17(14,15)12-5-9(16-2)3-4-9/h6,12H,3-5,10H2,1-2H3. The van der Waals surface area contributed by atoms with Crippen molar-refractivity contribution in [3.05, 3.63) is 6.33 Å². The lowest BCUT2D eigenvalue weighted by Crippen LogP contribution is -2.33. The Bertz CT molecular complexity index is 500. The lowest BCUT2D eigenvalue weighted by molar-refractivity contribution is 0.570. The summed E-state index contributed by atoms with van der Waals surface area (Å²) in [6.07, 6.45) is 5.50. The SMILES string of the molecule is CSC1(CNS(=O)(=O)c2c(N)ncn2C)CC1. The molecule has 0 amide bonds. The molecule has 0 saturated heterocycles. The van der Waals surface area contributed by atoms with Crippen LogP contribution in [-0.4, -0.2) is 35.5 Å². The van der Waals surface area contributed by atoms with Gasteiger partial charge < -0.3 is 10.3 Å². The molecule has 1 aliphatic carbocycles. The fourth-order valence-electron chi connectivity index (χ4n) is 1.65. The predicted molar refractivity (Wildman–Crippen MR) is 68.3 cm³/mol. The second-order valence-electron chi connectivity index (χ2n) is 4.26. The van der Waals surface area contributed by atoms with Gasteiger partial charge in [-0.15, -0.1) is 0 Å². The Morgan fingerprint density at radius 1 is 1.65 bits per heavy atom. The number of nitrogens with one attached hydrogen (secondary N) is 1. The summed E-state index contributed by atoms with van der Waals surface area (Å²) < 4.78 is 28.2. The summed E-state index contributed by atoms with van der Waals surface area (Å²) in [4.78, 5) is 3.78. The zero-order valence-electron chi connectivity index (χ0n) is 9.80. The summed E-state index contributed by atoms with van der Waals surface area (Å²) in [5.74, 6) is 0.0361. The molecule has 0 bridgehead atoms. The van der Waals surface area contributed by atoms with Gasteiger partial charge >= 0.3 is 0 Å². The largest absolute Gasteiger partial charge is 0.381 e. The Balaban J connectivity index is 2.15. The highest BCUT2D eigenvalue weighted by Gasteiger charge is 2.42. The molecule has 2 rings (SSSR count). The van der Waals surface area contributed by atoms with Gasteiger partial charge in [-0.1, -0.05) is 0 Å². The molecule has 6 nitrogen and oxygen atoms in total. The summed E-state index contributed by atoms with van der Waals surface area (Å²) >= 11 is 1.70. The molecule has 0 radical (unpaired) electrons. The first-order valence-electron chi connectivity index (χ1n) is 5.22. The Labute approximate surface area is 105 Å². The van der Waals surface area contributed by atoms with Crippen LogP contribution in [0, 0.1) is 0 Å². The molecule has 0 unspecified atom stereocenters. The lowest BCUT2D eigenvalue weighted by Gasteiger charge is -2.13. The van der Waals surface area contributed by atoms with Gasteiger partial charge in [-0.05, 0) is 19.1 Å². The minimum absolute atomic E-state index is 0.0361. The van der Waals surface area contributed by atoms with Crippen molar-refractivity contribution in [1.29, 1.82) is 0 Å². The Morgan fingerprint density at radius 2 is 2.29 bits per heavy atom. The van der Waals surface area contributed by atoms with E-state index in [4.69, 9.17) is 5.73 Å². The molecule has 1 fully saturated rings. The normalized spacial score (nSPS) is 18.2. The second kappa shape index (κ2) is 4.18. The molecule has 17 heavy (non-hydrogen) atoms. The number of imidazole rings is 1. The van der Waals surface area contributed by atoms with Crippen LogP contribution >= 0.6 is 11.8 Å². The molecular weight excluding hydrogens is 260 g/mol. The number of aryl methyl sites for hydroxylation is 1. The van der Waals surface area contributed by atoms with Crippen molar-refractivity contribution < 1.29 is 8.42 Å². The summed E-state index contributed by atoms with van der Waals surface area (Å²) in [7, 11) is -1.96. The number of nitrogens with zero attached hydrogens (tertiary/aromatic N) is 2. The summed E-state index contributed by atoms with van der Waals surface area (Å²) in [6, 6.07) is 0. The monoisotopic (exact) mass is 276 g/mol. The van der Waals surface area contributed by atoms with E-state index in [1.807, 2.05) is 6.26 Å². The van der Waals surface area contributed by atoms with Crippen LogP contribution in [0.3, 0.4) is 0 Å². The van der Waals surface area contributed by atoms with E-state index >= 15 is 0 Å². The van der Waals surface area contributed by atoms with E-state index in [1.165, 1.54) is 10.9 Å². The number of rotatable bonds is 5. The number of nitrogen functional groups attached to an aromatic ring is 1. The number of sulfonamides is 1. The molecular formula is C9H16N4O2S2. The van der Waals surface area contributed by atoms with Crippen LogP contribution in [-0.2, 0) is 17.1 Å². The first-order valence-corrected chi connectivity index (χ1v) is 7.93. The molecule has 0 aromatic carbocycles. The lowest BCUT2D eigenvalue weighted by atomic mass is 10.4. The van der Waals surface area contributed by atoms with Gasteiger partial charge in [0.1, 0.15) is 0 Å². The molecule has 0 spiro atoms. The summed E-state index contributed by atoms with van der Waals surface area (Å²) in [6.45, 7) is 0.446. The maximum Gasteiger partial charge on any atom is 0.260 e. The molecule has 1 aromatic heterocycles. The fourth-order valence-corrected chi connectivity index (χ4v) is 3.83. The van der Waals surface area contributed by atoms with Gasteiger partial charge in [0.25, 0.3) is 10.0 Å². The minimum atomic E-state index is -3.57. The van der Waals surface area contributed by atoms with Crippen molar-refractivity contribution in [1.82, 2.24) is 14.3 Å². The van der Waals surface area contributed by atoms with E-state index in [0.29, 0.717) is 6.54 Å². The van der Waals surface area contributed by atoms with E-state index < -0.39 is 10.0 Å². The smallest absolute Gasteiger partial charge is 0.260 e. The average Bonchev–Trinajstić information content (AvgIpc) is 2.97. The van der Waals surface area contributed by atoms with Crippen molar-refractivity contribution in [3.8, 4) is 0 Å². The van der Waals surface area contributed by atoms with E-state index in [0.717, 1.165) is 12.8 Å². The highest BCUT2D eigenvalue weighted by Crippen LogP contribution is 2.46. The third-order valence-corrected chi connectivity index (χ3v) is 5.94. The van der Waals surface area contributed by atoms with Crippen molar-refractivity contribution >= 4 is 27.6 Å². The molecule has 1 aliphatic rings. The van der Waals surface area contributed by atoms with Crippen molar-refractivity contribution in [2.45, 2.75) is 22.6 Å². The topological polar surface area (TPSA) is 90.0 Å². The van der Waals surface area contributed by atoms with Gasteiger partial charge in [-0.2, -0.15) is 11.8 Å². The second-order valence-corrected chi connectivity index (χ2v) is 7.21. The predicted octanol–water partition coefficient (Wildman–Crippen LogP) is 0.176. The van der Waals surface area contributed by atoms with Gasteiger partial charge in [-0.25, -0.2) is 18.1 Å². The van der Waals surface area contributed by atoms with Gasteiger partial charge in [0.2, 0.25) is 0 Å². The maximum absolute atomic E-state index is 12.1. The molecule has 0 aliphatic heterocycles. The Morgan fingerprint density at radius 3 is 2.71 bits per heavy atom. The number of hydrogen-bond donors (Lipinski definition) is 2. The van der Waals surface area contributed by atoms with Crippen LogP contribution in [0.15, 0.2) is 11.4 Å². The summed E-state index contributed by atoms with van der Waals surface area (Å²) in [5.41, 5.74) is 5.56. The third-order valence-electron chi connectivity index (χ3n) is 2.99. The van der Waals surface area contributed by atoms with E-state index in [9.17, 15) is 8.42 Å². The van der Waals surface area contributed by atoms with Crippen LogP contribution in [0.25, 0.3) is 0 Å². The van der Waals surface area contributed by atoms with Crippen molar-refractivity contribution in [3.63, 3.8) is 0 Å². The van der Waals surface area contributed by atoms with Crippen LogP contribution in [0.4, 0.5) is 5.82 Å². The van der Waals surface area contributed by atoms with Crippen LogP contribution in [0.1, 0.15) is 12.8 Å². The van der Waals surface area contributed by atoms with E-state index in [2.05, 4.69) is 9.71 Å². The molecule has 1 aromatic rings. The van der Waals surface area contributed by atoms with Crippen molar-refractivity contribution in [2.75, 3.05) is 18.5 Å². The number of nitrogens with two attached hydrogens (primary N) is 1. The molecule has 1 saturated carbocycles. The summed E-state index contributed by atoms with van der Waals surface area (Å²) in [5, 5.41) is 0.0365. The number of anilines is 1. The molecule has 1 heterocycles. The number of hydrogen-bond acceptors (Lipinski definition) is 5. The highest BCUT2D eigenvalue weighted by atomic mass is 32.2. The van der Waals surface area contributed by atoms with Gasteiger partial charge in [0, 0.05) is 18.3 Å². The minimum Gasteiger partial charge on any atom is -0.381 e. The Hall–Kier alpha value is -0.730. The molecule has 3 N–H and O–H groups in total. The Kier molecular flexibility index (Phi) is 3.13. The molecule has 8 heteroatoms. The average molecular weight is 276 g/mol. The maximum atomic E-state index is 12.1. The van der Waals surface area contributed by atoms with Crippen LogP contribution < -0.4 is 10.5 Å². The quantitative estimate of drug-likeness (QED) is 0.800. The van der Waals surface area contributed by atoms with E-state index in [1.54, 1.807) is 18.8 Å². The van der Waals surface area contributed by atoms with E-state index in [-0.39, 0.29) is 15.6 Å². The number of thioether (sulfide) groups is 1. The fraction of sp³-hybridized carbons (Fsp3) is 0.667.